The smallest absolute Gasteiger partial charge is 0.252 e. The molecule has 0 aliphatic heterocycles. The SMILES string of the molecule is Cc1ccc(Nc2cc(C(=O)N[C@@H](C)CCc3ccccc3)c3ccccc3n2)c(C)c1. The van der Waals surface area contributed by atoms with E-state index in [4.69, 9.17) is 4.98 Å². The standard InChI is InChI=1S/C28H29N3O/c1-19-13-16-25(20(2)17-19)30-27-18-24(23-11-7-8-12-26(23)31-27)28(32)29-21(3)14-15-22-9-5-4-6-10-22/h4-13,16-18,21H,14-15H2,1-3H3,(H,29,32)(H,30,31)/t21-/m0/s1. The maximum atomic E-state index is 13.2. The molecule has 0 saturated carbocycles. The lowest BCUT2D eigenvalue weighted by atomic mass is 10.0. The number of aryl methyl sites for hydroxylation is 3. The maximum Gasteiger partial charge on any atom is 0.252 e. The minimum absolute atomic E-state index is 0.0605. The lowest BCUT2D eigenvalue weighted by Crippen LogP contribution is -2.33. The number of benzene rings is 3. The molecule has 1 amide bonds. The third-order valence-electron chi connectivity index (χ3n) is 5.69. The van der Waals surface area contributed by atoms with Gasteiger partial charge in [-0.3, -0.25) is 4.79 Å². The summed E-state index contributed by atoms with van der Waals surface area (Å²) in [6.45, 7) is 6.20. The van der Waals surface area contributed by atoms with Gasteiger partial charge in [-0.25, -0.2) is 4.98 Å². The van der Waals surface area contributed by atoms with Crippen molar-refractivity contribution in [3.8, 4) is 0 Å². The molecule has 162 valence electrons. The molecule has 0 radical (unpaired) electrons. The number of hydrogen-bond acceptors (Lipinski definition) is 3. The molecule has 0 saturated heterocycles. The topological polar surface area (TPSA) is 54.0 Å². The lowest BCUT2D eigenvalue weighted by Gasteiger charge is -2.16. The molecule has 4 aromatic rings. The number of anilines is 2. The van der Waals surface area contributed by atoms with Crippen molar-refractivity contribution in [1.82, 2.24) is 10.3 Å². The highest BCUT2D eigenvalue weighted by Gasteiger charge is 2.16. The summed E-state index contributed by atoms with van der Waals surface area (Å²) < 4.78 is 0. The monoisotopic (exact) mass is 423 g/mol. The molecule has 32 heavy (non-hydrogen) atoms. The highest BCUT2D eigenvalue weighted by Crippen LogP contribution is 2.25. The first-order valence-electron chi connectivity index (χ1n) is 11.1. The van der Waals surface area contributed by atoms with E-state index in [0.29, 0.717) is 11.4 Å². The van der Waals surface area contributed by atoms with Crippen LogP contribution in [0.4, 0.5) is 11.5 Å². The Morgan fingerprint density at radius 2 is 1.69 bits per heavy atom. The molecule has 1 aromatic heterocycles. The zero-order valence-electron chi connectivity index (χ0n) is 18.9. The van der Waals surface area contributed by atoms with Crippen LogP contribution in [0.2, 0.25) is 0 Å². The average Bonchev–Trinajstić information content (AvgIpc) is 2.79. The van der Waals surface area contributed by atoms with Crippen molar-refractivity contribution < 1.29 is 4.79 Å². The van der Waals surface area contributed by atoms with Gasteiger partial charge in [-0.1, -0.05) is 66.2 Å². The number of carbonyl (C=O) groups excluding carboxylic acids is 1. The van der Waals surface area contributed by atoms with Crippen molar-refractivity contribution >= 4 is 28.3 Å². The second-order valence-corrected chi connectivity index (χ2v) is 8.41. The largest absolute Gasteiger partial charge is 0.350 e. The van der Waals surface area contributed by atoms with Gasteiger partial charge in [-0.15, -0.1) is 0 Å². The predicted octanol–water partition coefficient (Wildman–Crippen LogP) is 6.35. The fraction of sp³-hybridized carbons (Fsp3) is 0.214. The van der Waals surface area contributed by atoms with E-state index >= 15 is 0 Å². The first kappa shape index (κ1) is 21.6. The molecule has 0 aliphatic carbocycles. The van der Waals surface area contributed by atoms with Gasteiger partial charge >= 0.3 is 0 Å². The molecule has 4 nitrogen and oxygen atoms in total. The number of aromatic nitrogens is 1. The summed E-state index contributed by atoms with van der Waals surface area (Å²) in [6, 6.07) is 26.3. The highest BCUT2D eigenvalue weighted by atomic mass is 16.1. The van der Waals surface area contributed by atoms with Crippen LogP contribution in [0.1, 0.15) is 40.4 Å². The molecule has 0 aliphatic rings. The van der Waals surface area contributed by atoms with Gasteiger partial charge in [0.25, 0.3) is 5.91 Å². The molecule has 0 spiro atoms. The summed E-state index contributed by atoms with van der Waals surface area (Å²) in [6.07, 6.45) is 1.81. The fourth-order valence-corrected chi connectivity index (χ4v) is 3.92. The number of carbonyl (C=O) groups is 1. The first-order chi connectivity index (χ1) is 15.5. The van der Waals surface area contributed by atoms with Crippen molar-refractivity contribution in [2.24, 2.45) is 0 Å². The molecule has 1 atom stereocenters. The number of nitrogens with one attached hydrogen (secondary N) is 2. The Bertz CT molecular complexity index is 1230. The minimum atomic E-state index is -0.0761. The number of pyridine rings is 1. The average molecular weight is 424 g/mol. The Balaban J connectivity index is 1.55. The Morgan fingerprint density at radius 3 is 2.47 bits per heavy atom. The van der Waals surface area contributed by atoms with Crippen molar-refractivity contribution in [2.75, 3.05) is 5.32 Å². The van der Waals surface area contributed by atoms with Crippen LogP contribution in [0, 0.1) is 13.8 Å². The number of fused-ring (bicyclic) bond motifs is 1. The summed E-state index contributed by atoms with van der Waals surface area (Å²) in [4.78, 5) is 18.0. The first-order valence-corrected chi connectivity index (χ1v) is 11.1. The van der Waals surface area contributed by atoms with E-state index < -0.39 is 0 Å². The van der Waals surface area contributed by atoms with Gasteiger partial charge in [0.05, 0.1) is 11.1 Å². The molecule has 1 heterocycles. The van der Waals surface area contributed by atoms with Gasteiger partial charge in [0.2, 0.25) is 0 Å². The van der Waals surface area contributed by atoms with E-state index in [1.54, 1.807) is 0 Å². The lowest BCUT2D eigenvalue weighted by molar-refractivity contribution is 0.0940. The van der Waals surface area contributed by atoms with E-state index in [-0.39, 0.29) is 11.9 Å². The van der Waals surface area contributed by atoms with Crippen molar-refractivity contribution in [1.29, 1.82) is 0 Å². The summed E-state index contributed by atoms with van der Waals surface area (Å²) in [5.41, 5.74) is 6.05. The van der Waals surface area contributed by atoms with Crippen LogP contribution < -0.4 is 10.6 Å². The number of nitrogens with zero attached hydrogens (tertiary/aromatic N) is 1. The minimum Gasteiger partial charge on any atom is -0.350 e. The third-order valence-corrected chi connectivity index (χ3v) is 5.69. The zero-order chi connectivity index (χ0) is 22.5. The molecule has 0 fully saturated rings. The maximum absolute atomic E-state index is 13.2. The van der Waals surface area contributed by atoms with Crippen LogP contribution in [-0.2, 0) is 6.42 Å². The fourth-order valence-electron chi connectivity index (χ4n) is 3.92. The van der Waals surface area contributed by atoms with Gasteiger partial charge in [-0.2, -0.15) is 0 Å². The summed E-state index contributed by atoms with van der Waals surface area (Å²) >= 11 is 0. The van der Waals surface area contributed by atoms with Gasteiger partial charge in [-0.05, 0) is 62.9 Å². The van der Waals surface area contributed by atoms with E-state index in [1.807, 2.05) is 54.6 Å². The zero-order valence-corrected chi connectivity index (χ0v) is 18.9. The summed E-state index contributed by atoms with van der Waals surface area (Å²) in [5.74, 6) is 0.589. The molecular formula is C28H29N3O. The molecule has 0 unspecified atom stereocenters. The molecule has 4 heteroatoms. The second kappa shape index (κ2) is 9.65. The second-order valence-electron chi connectivity index (χ2n) is 8.41. The normalized spacial score (nSPS) is 11.8. The van der Waals surface area contributed by atoms with Crippen LogP contribution in [-0.4, -0.2) is 16.9 Å². The number of para-hydroxylation sites is 1. The van der Waals surface area contributed by atoms with Gasteiger partial charge in [0.15, 0.2) is 0 Å². The van der Waals surface area contributed by atoms with Gasteiger partial charge in [0.1, 0.15) is 5.82 Å². The number of rotatable bonds is 7. The van der Waals surface area contributed by atoms with Crippen LogP contribution in [0.25, 0.3) is 10.9 Å². The number of hydrogen-bond donors (Lipinski definition) is 2. The van der Waals surface area contributed by atoms with E-state index in [9.17, 15) is 4.79 Å². The molecule has 2 N–H and O–H groups in total. The van der Waals surface area contributed by atoms with E-state index in [2.05, 4.69) is 55.7 Å². The molecule has 3 aromatic carbocycles. The Kier molecular flexibility index (Phi) is 6.50. The van der Waals surface area contributed by atoms with Crippen molar-refractivity contribution in [3.05, 3.63) is 101 Å². The number of amides is 1. The van der Waals surface area contributed by atoms with E-state index in [0.717, 1.165) is 35.0 Å². The quantitative estimate of drug-likeness (QED) is 0.364. The van der Waals surface area contributed by atoms with Crippen molar-refractivity contribution in [3.63, 3.8) is 0 Å². The molecular weight excluding hydrogens is 394 g/mol. The Labute approximate surface area is 189 Å². The molecule has 0 bridgehead atoms. The third kappa shape index (κ3) is 5.14. The Morgan fingerprint density at radius 1 is 0.938 bits per heavy atom. The van der Waals surface area contributed by atoms with Crippen molar-refractivity contribution in [2.45, 2.75) is 39.7 Å². The van der Waals surface area contributed by atoms with Crippen LogP contribution in [0.15, 0.2) is 78.9 Å². The van der Waals surface area contributed by atoms with Crippen LogP contribution in [0.5, 0.6) is 0 Å². The van der Waals surface area contributed by atoms with Crippen LogP contribution in [0.3, 0.4) is 0 Å². The highest BCUT2D eigenvalue weighted by molar-refractivity contribution is 6.07. The van der Waals surface area contributed by atoms with E-state index in [1.165, 1.54) is 11.1 Å². The Hall–Kier alpha value is -3.66. The predicted molar refractivity (Wildman–Crippen MR) is 133 cm³/mol. The molecule has 4 rings (SSSR count). The summed E-state index contributed by atoms with van der Waals surface area (Å²) in [7, 11) is 0. The van der Waals surface area contributed by atoms with Gasteiger partial charge < -0.3 is 10.6 Å². The van der Waals surface area contributed by atoms with Crippen LogP contribution >= 0.6 is 0 Å². The van der Waals surface area contributed by atoms with Gasteiger partial charge in [0, 0.05) is 17.1 Å². The summed E-state index contributed by atoms with van der Waals surface area (Å²) in [5, 5.41) is 7.42.